The summed E-state index contributed by atoms with van der Waals surface area (Å²) in [5.41, 5.74) is 3.06. The van der Waals surface area contributed by atoms with Crippen LogP contribution in [0.4, 0.5) is 5.82 Å². The molecule has 2 atom stereocenters. The van der Waals surface area contributed by atoms with Crippen molar-refractivity contribution in [3.05, 3.63) is 59.1 Å². The minimum Gasteiger partial charge on any atom is -0.390 e. The van der Waals surface area contributed by atoms with Crippen LogP contribution in [0.3, 0.4) is 0 Å². The van der Waals surface area contributed by atoms with Crippen molar-refractivity contribution in [3.63, 3.8) is 0 Å². The number of likely N-dealkylation sites (tertiary alicyclic amines) is 1. The number of hydrogen-bond acceptors (Lipinski definition) is 6. The maximum absolute atomic E-state index is 10.8. The summed E-state index contributed by atoms with van der Waals surface area (Å²) in [7, 11) is 0. The molecule has 5 rings (SSSR count). The van der Waals surface area contributed by atoms with E-state index in [0.717, 1.165) is 62.1 Å². The zero-order valence-electron chi connectivity index (χ0n) is 17.2. The van der Waals surface area contributed by atoms with Gasteiger partial charge in [0, 0.05) is 64.2 Å². The summed E-state index contributed by atoms with van der Waals surface area (Å²) in [5.74, 6) is 1.03. The molecule has 30 heavy (non-hydrogen) atoms. The highest BCUT2D eigenvalue weighted by molar-refractivity contribution is 6.30. The number of aryl methyl sites for hydroxylation is 1. The number of fused-ring (bicyclic) bond motifs is 1. The fourth-order valence-corrected chi connectivity index (χ4v) is 4.91. The van der Waals surface area contributed by atoms with E-state index >= 15 is 0 Å². The van der Waals surface area contributed by atoms with Crippen molar-refractivity contribution in [2.75, 3.05) is 44.2 Å². The van der Waals surface area contributed by atoms with Gasteiger partial charge in [-0.25, -0.2) is 9.97 Å². The lowest BCUT2D eigenvalue weighted by atomic mass is 10.1. The van der Waals surface area contributed by atoms with E-state index in [1.807, 2.05) is 43.6 Å². The van der Waals surface area contributed by atoms with E-state index in [0.29, 0.717) is 11.6 Å². The topological polar surface area (TPSA) is 60.1 Å². The SMILES string of the molecule is Cc1nc2ccc(Cl)cn2c1CN1C[C@H](O)[C@@H](N2CCN(c3ccccn3)CC2)C1. The Morgan fingerprint density at radius 1 is 1.10 bits per heavy atom. The number of rotatable bonds is 4. The van der Waals surface area contributed by atoms with Gasteiger partial charge in [-0.15, -0.1) is 0 Å². The second-order valence-corrected chi connectivity index (χ2v) is 8.70. The lowest BCUT2D eigenvalue weighted by Gasteiger charge is -2.39. The normalized spacial score (nSPS) is 23.5. The van der Waals surface area contributed by atoms with Gasteiger partial charge in [0.05, 0.1) is 22.5 Å². The molecule has 5 heterocycles. The van der Waals surface area contributed by atoms with Crippen LogP contribution >= 0.6 is 11.6 Å². The van der Waals surface area contributed by atoms with Crippen LogP contribution in [0.1, 0.15) is 11.4 Å². The fraction of sp³-hybridized carbons (Fsp3) is 0.455. The molecule has 0 amide bonds. The number of halogens is 1. The molecule has 0 spiro atoms. The third-order valence-electron chi connectivity index (χ3n) is 6.35. The van der Waals surface area contributed by atoms with Crippen LogP contribution in [0.25, 0.3) is 5.65 Å². The number of β-amino-alcohol motifs (C(OH)–C–C–N with tert-alkyl or cyclic N) is 1. The van der Waals surface area contributed by atoms with Crippen molar-refractivity contribution in [3.8, 4) is 0 Å². The standard InChI is InChI=1S/C22H27ClN6O/c1-16-18(29-12-17(23)5-6-22(29)25-16)13-26-14-19(20(30)15-26)27-8-10-28(11-9-27)21-4-2-3-7-24-21/h2-7,12,19-20,30H,8-11,13-15H2,1H3/t19-,20-/m0/s1. The Kier molecular flexibility index (Phi) is 5.37. The quantitative estimate of drug-likeness (QED) is 0.689. The molecule has 7 nitrogen and oxygen atoms in total. The molecule has 0 unspecified atom stereocenters. The van der Waals surface area contributed by atoms with Gasteiger partial charge >= 0.3 is 0 Å². The second kappa shape index (κ2) is 8.15. The van der Waals surface area contributed by atoms with Crippen LogP contribution in [0.15, 0.2) is 42.7 Å². The number of aliphatic hydroxyl groups is 1. The number of aromatic nitrogens is 3. The van der Waals surface area contributed by atoms with Crippen LogP contribution in [-0.4, -0.2) is 80.7 Å². The molecule has 0 aromatic carbocycles. The van der Waals surface area contributed by atoms with E-state index in [4.69, 9.17) is 11.6 Å². The lowest BCUT2D eigenvalue weighted by Crippen LogP contribution is -2.53. The van der Waals surface area contributed by atoms with Crippen LogP contribution in [0.2, 0.25) is 5.02 Å². The molecule has 0 bridgehead atoms. The van der Waals surface area contributed by atoms with E-state index in [9.17, 15) is 5.11 Å². The number of nitrogens with zero attached hydrogens (tertiary/aromatic N) is 6. The first-order valence-electron chi connectivity index (χ1n) is 10.5. The van der Waals surface area contributed by atoms with Gasteiger partial charge in [0.25, 0.3) is 0 Å². The molecule has 2 aliphatic heterocycles. The van der Waals surface area contributed by atoms with Crippen LogP contribution < -0.4 is 4.90 Å². The van der Waals surface area contributed by atoms with E-state index in [1.54, 1.807) is 0 Å². The Hall–Kier alpha value is -2.19. The Morgan fingerprint density at radius 2 is 1.93 bits per heavy atom. The van der Waals surface area contributed by atoms with E-state index in [2.05, 4.69) is 35.1 Å². The first-order valence-corrected chi connectivity index (χ1v) is 10.9. The van der Waals surface area contributed by atoms with Gasteiger partial charge < -0.3 is 14.4 Å². The van der Waals surface area contributed by atoms with Gasteiger partial charge in [-0.2, -0.15) is 0 Å². The monoisotopic (exact) mass is 426 g/mol. The van der Waals surface area contributed by atoms with Gasteiger partial charge in [-0.3, -0.25) is 9.80 Å². The van der Waals surface area contributed by atoms with Crippen molar-refractivity contribution in [1.29, 1.82) is 0 Å². The first-order chi connectivity index (χ1) is 14.6. The zero-order chi connectivity index (χ0) is 20.7. The molecule has 0 aliphatic carbocycles. The lowest BCUT2D eigenvalue weighted by molar-refractivity contribution is 0.0790. The molecule has 158 valence electrons. The summed E-state index contributed by atoms with van der Waals surface area (Å²) in [6.07, 6.45) is 3.43. The minimum atomic E-state index is -0.338. The molecular formula is C22H27ClN6O. The Balaban J connectivity index is 1.24. The molecule has 0 radical (unpaired) electrons. The number of pyridine rings is 2. The summed E-state index contributed by atoms with van der Waals surface area (Å²) in [6.45, 7) is 8.09. The molecule has 0 saturated carbocycles. The highest BCUT2D eigenvalue weighted by Gasteiger charge is 2.37. The number of imidazole rings is 1. The Bertz CT molecular complexity index is 1020. The summed E-state index contributed by atoms with van der Waals surface area (Å²) < 4.78 is 2.07. The predicted octanol–water partition coefficient (Wildman–Crippen LogP) is 2.06. The average molecular weight is 427 g/mol. The maximum Gasteiger partial charge on any atom is 0.137 e. The Morgan fingerprint density at radius 3 is 2.70 bits per heavy atom. The van der Waals surface area contributed by atoms with E-state index in [1.165, 1.54) is 0 Å². The summed E-state index contributed by atoms with van der Waals surface area (Å²) in [6, 6.07) is 10.0. The van der Waals surface area contributed by atoms with Crippen LogP contribution in [-0.2, 0) is 6.54 Å². The van der Waals surface area contributed by atoms with Crippen LogP contribution in [0, 0.1) is 6.92 Å². The zero-order valence-corrected chi connectivity index (χ0v) is 17.9. The minimum absolute atomic E-state index is 0.166. The highest BCUT2D eigenvalue weighted by Crippen LogP contribution is 2.24. The van der Waals surface area contributed by atoms with Gasteiger partial charge in [0.2, 0.25) is 0 Å². The maximum atomic E-state index is 10.8. The van der Waals surface area contributed by atoms with Crippen molar-refractivity contribution in [2.45, 2.75) is 25.6 Å². The van der Waals surface area contributed by atoms with Crippen molar-refractivity contribution in [1.82, 2.24) is 24.2 Å². The van der Waals surface area contributed by atoms with Gasteiger partial charge in [-0.05, 0) is 31.2 Å². The third-order valence-corrected chi connectivity index (χ3v) is 6.57. The molecule has 3 aromatic heterocycles. The van der Waals surface area contributed by atoms with Gasteiger partial charge in [0.15, 0.2) is 0 Å². The molecule has 2 saturated heterocycles. The molecule has 1 N–H and O–H groups in total. The molecule has 2 fully saturated rings. The van der Waals surface area contributed by atoms with Crippen molar-refractivity contribution < 1.29 is 5.11 Å². The number of anilines is 1. The molecular weight excluding hydrogens is 400 g/mol. The van der Waals surface area contributed by atoms with Crippen molar-refractivity contribution >= 4 is 23.1 Å². The van der Waals surface area contributed by atoms with Gasteiger partial charge in [0.1, 0.15) is 11.5 Å². The van der Waals surface area contributed by atoms with Crippen molar-refractivity contribution in [2.24, 2.45) is 0 Å². The summed E-state index contributed by atoms with van der Waals surface area (Å²) >= 11 is 6.20. The third kappa shape index (κ3) is 3.78. The fourth-order valence-electron chi connectivity index (χ4n) is 4.75. The smallest absolute Gasteiger partial charge is 0.137 e. The van der Waals surface area contributed by atoms with E-state index < -0.39 is 0 Å². The summed E-state index contributed by atoms with van der Waals surface area (Å²) in [5, 5.41) is 11.5. The van der Waals surface area contributed by atoms with Crippen LogP contribution in [0.5, 0.6) is 0 Å². The number of hydrogen-bond donors (Lipinski definition) is 1. The number of aliphatic hydroxyl groups excluding tert-OH is 1. The summed E-state index contributed by atoms with van der Waals surface area (Å²) in [4.78, 5) is 16.2. The predicted molar refractivity (Wildman–Crippen MR) is 118 cm³/mol. The molecule has 3 aromatic rings. The molecule has 2 aliphatic rings. The average Bonchev–Trinajstić information content (AvgIpc) is 3.28. The highest BCUT2D eigenvalue weighted by atomic mass is 35.5. The first kappa shape index (κ1) is 19.8. The van der Waals surface area contributed by atoms with E-state index in [-0.39, 0.29) is 12.1 Å². The van der Waals surface area contributed by atoms with Gasteiger partial charge in [-0.1, -0.05) is 17.7 Å². The number of piperazine rings is 1. The molecule has 8 heteroatoms. The second-order valence-electron chi connectivity index (χ2n) is 8.26. The largest absolute Gasteiger partial charge is 0.390 e. The Labute approximate surface area is 181 Å².